The van der Waals surface area contributed by atoms with Gasteiger partial charge in [-0.25, -0.2) is 0 Å². The number of likely N-dealkylation sites (tertiary alicyclic amines) is 1. The van der Waals surface area contributed by atoms with Gasteiger partial charge in [0.25, 0.3) is 0 Å². The highest BCUT2D eigenvalue weighted by Gasteiger charge is 2.26. The number of rotatable bonds is 3. The molecule has 1 aliphatic heterocycles. The summed E-state index contributed by atoms with van der Waals surface area (Å²) in [5, 5.41) is 1.16. The molecular weight excluding hydrogens is 261 g/mol. The Kier molecular flexibility index (Phi) is 3.69. The minimum absolute atomic E-state index is 0.0147. The van der Waals surface area contributed by atoms with Crippen molar-refractivity contribution in [1.82, 2.24) is 4.90 Å². The Morgan fingerprint density at radius 2 is 1.76 bits per heavy atom. The molecule has 1 aromatic carbocycles. The van der Waals surface area contributed by atoms with E-state index in [0.717, 1.165) is 5.56 Å². The van der Waals surface area contributed by atoms with Crippen LogP contribution in [0.2, 0.25) is 10.0 Å². The number of halogens is 2. The summed E-state index contributed by atoms with van der Waals surface area (Å²) in [7, 11) is 0. The van der Waals surface area contributed by atoms with Crippen molar-refractivity contribution in [2.45, 2.75) is 12.8 Å². The Morgan fingerprint density at radius 1 is 1.12 bits per heavy atom. The fourth-order valence-corrected chi connectivity index (χ4v) is 2.43. The van der Waals surface area contributed by atoms with E-state index in [1.165, 1.54) is 0 Å². The molecule has 1 aromatic rings. The van der Waals surface area contributed by atoms with E-state index in [2.05, 4.69) is 0 Å². The predicted molar refractivity (Wildman–Crippen MR) is 66.4 cm³/mol. The topological polar surface area (TPSA) is 37.4 Å². The fourth-order valence-electron chi connectivity index (χ4n) is 1.86. The van der Waals surface area contributed by atoms with E-state index in [9.17, 15) is 9.59 Å². The third-order valence-electron chi connectivity index (χ3n) is 2.66. The van der Waals surface area contributed by atoms with Crippen LogP contribution in [0.5, 0.6) is 0 Å². The second-order valence-corrected chi connectivity index (χ2v) is 4.93. The maximum absolute atomic E-state index is 11.4. The molecule has 0 radical (unpaired) electrons. The summed E-state index contributed by atoms with van der Waals surface area (Å²) in [4.78, 5) is 24.0. The van der Waals surface area contributed by atoms with Crippen molar-refractivity contribution in [3.05, 3.63) is 33.8 Å². The second-order valence-electron chi connectivity index (χ2n) is 4.06. The van der Waals surface area contributed by atoms with Crippen LogP contribution in [0.25, 0.3) is 0 Å². The molecule has 2 rings (SSSR count). The molecule has 0 unspecified atom stereocenters. The summed E-state index contributed by atoms with van der Waals surface area (Å²) in [5.41, 5.74) is 0.967. The molecule has 1 saturated heterocycles. The van der Waals surface area contributed by atoms with Crippen molar-refractivity contribution in [3.63, 3.8) is 0 Å². The smallest absolute Gasteiger partial charge is 0.230 e. The summed E-state index contributed by atoms with van der Waals surface area (Å²) in [5.74, 6) is -0.109. The first kappa shape index (κ1) is 12.4. The highest BCUT2D eigenvalue weighted by atomic mass is 35.5. The number of carbonyl (C=O) groups excluding carboxylic acids is 2. The number of hydrogen-bond donors (Lipinski definition) is 0. The SMILES string of the molecule is O=C1CC(=O)N(CCc2cc(Cl)cc(Cl)c2)C1. The minimum Gasteiger partial charge on any atom is -0.335 e. The van der Waals surface area contributed by atoms with E-state index >= 15 is 0 Å². The summed E-state index contributed by atoms with van der Waals surface area (Å²) in [6.07, 6.45) is 0.690. The standard InChI is InChI=1S/C12H11Cl2NO2/c13-9-3-8(4-10(14)5-9)1-2-15-7-11(16)6-12(15)17/h3-5H,1-2,6-7H2. The van der Waals surface area contributed by atoms with E-state index in [1.54, 1.807) is 11.0 Å². The molecule has 1 fully saturated rings. The number of ketones is 1. The Balaban J connectivity index is 1.98. The van der Waals surface area contributed by atoms with Crippen LogP contribution in [0, 0.1) is 0 Å². The number of hydrogen-bond acceptors (Lipinski definition) is 2. The first-order valence-corrected chi connectivity index (χ1v) is 6.04. The zero-order valence-electron chi connectivity index (χ0n) is 9.08. The van der Waals surface area contributed by atoms with Gasteiger partial charge in [-0.2, -0.15) is 0 Å². The molecule has 1 heterocycles. The zero-order chi connectivity index (χ0) is 12.4. The highest BCUT2D eigenvalue weighted by Crippen LogP contribution is 2.20. The van der Waals surface area contributed by atoms with Gasteiger partial charge < -0.3 is 4.90 Å². The molecule has 0 N–H and O–H groups in total. The first-order valence-electron chi connectivity index (χ1n) is 5.29. The Morgan fingerprint density at radius 3 is 2.29 bits per heavy atom. The summed E-state index contributed by atoms with van der Waals surface area (Å²) >= 11 is 11.8. The predicted octanol–water partition coefficient (Wildman–Crippen LogP) is 2.34. The van der Waals surface area contributed by atoms with Crippen molar-refractivity contribution in [3.8, 4) is 0 Å². The van der Waals surface area contributed by atoms with Gasteiger partial charge in [0, 0.05) is 16.6 Å². The van der Waals surface area contributed by atoms with E-state index in [0.29, 0.717) is 23.0 Å². The lowest BCUT2D eigenvalue weighted by Crippen LogP contribution is -2.27. The Bertz CT molecular complexity index is 453. The molecule has 1 amide bonds. The molecular formula is C12H11Cl2NO2. The summed E-state index contributed by atoms with van der Waals surface area (Å²) in [6, 6.07) is 5.29. The van der Waals surface area contributed by atoms with Crippen molar-refractivity contribution >= 4 is 34.9 Å². The van der Waals surface area contributed by atoms with Crippen molar-refractivity contribution in [2.24, 2.45) is 0 Å². The van der Waals surface area contributed by atoms with Gasteiger partial charge in [0.05, 0.1) is 13.0 Å². The monoisotopic (exact) mass is 271 g/mol. The molecule has 0 bridgehead atoms. The molecule has 1 aliphatic rings. The van der Waals surface area contributed by atoms with E-state index in [-0.39, 0.29) is 24.7 Å². The van der Waals surface area contributed by atoms with Gasteiger partial charge >= 0.3 is 0 Å². The minimum atomic E-state index is -0.0943. The Hall–Kier alpha value is -1.06. The largest absolute Gasteiger partial charge is 0.335 e. The third kappa shape index (κ3) is 3.20. The van der Waals surface area contributed by atoms with Crippen LogP contribution in [0.15, 0.2) is 18.2 Å². The van der Waals surface area contributed by atoms with Crippen LogP contribution in [-0.4, -0.2) is 29.7 Å². The van der Waals surface area contributed by atoms with Gasteiger partial charge in [-0.05, 0) is 30.2 Å². The number of benzene rings is 1. The molecule has 0 saturated carbocycles. The number of nitrogens with zero attached hydrogens (tertiary/aromatic N) is 1. The van der Waals surface area contributed by atoms with Crippen LogP contribution in [-0.2, 0) is 16.0 Å². The normalized spacial score (nSPS) is 15.8. The van der Waals surface area contributed by atoms with Crippen LogP contribution < -0.4 is 0 Å². The maximum atomic E-state index is 11.4. The lowest BCUT2D eigenvalue weighted by molar-refractivity contribution is -0.127. The summed E-state index contributed by atoms with van der Waals surface area (Å²) in [6.45, 7) is 0.758. The van der Waals surface area contributed by atoms with Gasteiger partial charge in [0.2, 0.25) is 5.91 Å². The first-order chi connectivity index (χ1) is 8.04. The van der Waals surface area contributed by atoms with Gasteiger partial charge in [0.1, 0.15) is 0 Å². The van der Waals surface area contributed by atoms with Crippen LogP contribution in [0.4, 0.5) is 0 Å². The number of carbonyl (C=O) groups is 2. The third-order valence-corrected chi connectivity index (χ3v) is 3.10. The molecule has 17 heavy (non-hydrogen) atoms. The molecule has 5 heteroatoms. The molecule has 3 nitrogen and oxygen atoms in total. The Labute approximate surface area is 109 Å². The lowest BCUT2D eigenvalue weighted by atomic mass is 10.1. The van der Waals surface area contributed by atoms with E-state index in [4.69, 9.17) is 23.2 Å². The molecule has 0 spiro atoms. The molecule has 0 atom stereocenters. The molecule has 90 valence electrons. The van der Waals surface area contributed by atoms with Crippen LogP contribution in [0.1, 0.15) is 12.0 Å². The number of amides is 1. The summed E-state index contributed by atoms with van der Waals surface area (Å²) < 4.78 is 0. The fraction of sp³-hybridized carbons (Fsp3) is 0.333. The quantitative estimate of drug-likeness (QED) is 0.792. The second kappa shape index (κ2) is 5.07. The van der Waals surface area contributed by atoms with E-state index in [1.807, 2.05) is 12.1 Å². The highest BCUT2D eigenvalue weighted by molar-refractivity contribution is 6.34. The van der Waals surface area contributed by atoms with Gasteiger partial charge in [-0.15, -0.1) is 0 Å². The van der Waals surface area contributed by atoms with Gasteiger partial charge in [-0.1, -0.05) is 23.2 Å². The van der Waals surface area contributed by atoms with Gasteiger partial charge in [-0.3, -0.25) is 9.59 Å². The maximum Gasteiger partial charge on any atom is 0.230 e. The average molecular weight is 272 g/mol. The lowest BCUT2D eigenvalue weighted by Gasteiger charge is -2.14. The molecule has 0 aliphatic carbocycles. The van der Waals surface area contributed by atoms with Crippen molar-refractivity contribution in [1.29, 1.82) is 0 Å². The van der Waals surface area contributed by atoms with E-state index < -0.39 is 0 Å². The van der Waals surface area contributed by atoms with Gasteiger partial charge in [0.15, 0.2) is 5.78 Å². The molecule has 0 aromatic heterocycles. The van der Waals surface area contributed by atoms with Crippen molar-refractivity contribution in [2.75, 3.05) is 13.1 Å². The average Bonchev–Trinajstić information content (AvgIpc) is 2.53. The van der Waals surface area contributed by atoms with Crippen LogP contribution in [0.3, 0.4) is 0 Å². The number of Topliss-reactive ketones (excluding diaryl/α,β-unsaturated/α-hetero) is 1. The van der Waals surface area contributed by atoms with Crippen molar-refractivity contribution < 1.29 is 9.59 Å². The zero-order valence-corrected chi connectivity index (χ0v) is 10.6. The van der Waals surface area contributed by atoms with Crippen LogP contribution >= 0.6 is 23.2 Å².